The van der Waals surface area contributed by atoms with Crippen LogP contribution in [0.25, 0.3) is 0 Å². The van der Waals surface area contributed by atoms with Crippen LogP contribution in [0.1, 0.15) is 27.2 Å². The summed E-state index contributed by atoms with van der Waals surface area (Å²) in [4.78, 5) is 23.4. The number of nitrogens with zero attached hydrogens (tertiary/aromatic N) is 1. The van der Waals surface area contributed by atoms with E-state index in [0.29, 0.717) is 12.3 Å². The Morgan fingerprint density at radius 3 is 2.08 bits per heavy atom. The van der Waals surface area contributed by atoms with E-state index in [-0.39, 0.29) is 5.91 Å². The van der Waals surface area contributed by atoms with Crippen LogP contribution in [-0.4, -0.2) is 29.8 Å². The molecule has 2 N–H and O–H groups in total. The summed E-state index contributed by atoms with van der Waals surface area (Å²) in [6, 6.07) is -0.475. The maximum atomic E-state index is 11.0. The van der Waals surface area contributed by atoms with E-state index in [1.807, 2.05) is 13.8 Å². The van der Waals surface area contributed by atoms with Gasteiger partial charge in [-0.05, 0) is 12.3 Å². The zero-order valence-corrected chi connectivity index (χ0v) is 8.70. The summed E-state index contributed by atoms with van der Waals surface area (Å²) in [5.41, 5.74) is 5.19. The van der Waals surface area contributed by atoms with Gasteiger partial charge in [-0.1, -0.05) is 13.8 Å². The summed E-state index contributed by atoms with van der Waals surface area (Å²) in [6.45, 7) is 5.41. The molecule has 0 radical (unpaired) electrons. The Bertz CT molecular complexity index is 202. The smallest absolute Gasteiger partial charge is 0.240 e. The molecular formula is C9H18N2O2. The molecule has 0 saturated heterocycles. The van der Waals surface area contributed by atoms with Gasteiger partial charge in [0.05, 0.1) is 0 Å². The molecule has 0 aliphatic carbocycles. The molecule has 13 heavy (non-hydrogen) atoms. The first-order valence-corrected chi connectivity index (χ1v) is 4.39. The Hall–Kier alpha value is -1.06. The van der Waals surface area contributed by atoms with Crippen molar-refractivity contribution >= 4 is 11.8 Å². The van der Waals surface area contributed by atoms with Crippen LogP contribution in [0.3, 0.4) is 0 Å². The van der Waals surface area contributed by atoms with Crippen molar-refractivity contribution in [2.45, 2.75) is 33.2 Å². The first-order valence-electron chi connectivity index (χ1n) is 4.39. The molecular weight excluding hydrogens is 168 g/mol. The first kappa shape index (κ1) is 11.9. The summed E-state index contributed by atoms with van der Waals surface area (Å²) in [6.07, 6.45) is 0.616. The minimum Gasteiger partial charge on any atom is -0.368 e. The third-order valence-corrected chi connectivity index (χ3v) is 1.99. The lowest BCUT2D eigenvalue weighted by Crippen LogP contribution is -2.45. The Balaban J connectivity index is 4.42. The fourth-order valence-electron chi connectivity index (χ4n) is 1.13. The number of likely N-dealkylation sites (N-methyl/N-ethyl adjacent to an activating group) is 1. The lowest BCUT2D eigenvalue weighted by Gasteiger charge is -2.25. The summed E-state index contributed by atoms with van der Waals surface area (Å²) in [5, 5.41) is 0. The van der Waals surface area contributed by atoms with Crippen molar-refractivity contribution < 1.29 is 9.59 Å². The maximum Gasteiger partial charge on any atom is 0.240 e. The second-order valence-corrected chi connectivity index (χ2v) is 3.68. The molecule has 0 bridgehead atoms. The van der Waals surface area contributed by atoms with Crippen molar-refractivity contribution in [2.24, 2.45) is 11.7 Å². The standard InChI is InChI=1S/C9H18N2O2/c1-6(2)5-8(9(10)13)11(4)7(3)12/h6,8H,5H2,1-4H3,(H2,10,13). The molecule has 0 rings (SSSR count). The lowest BCUT2D eigenvalue weighted by atomic mass is 10.0. The number of primary amides is 1. The van der Waals surface area contributed by atoms with Crippen LogP contribution < -0.4 is 5.73 Å². The number of carbonyl (C=O) groups is 2. The molecule has 1 unspecified atom stereocenters. The number of amides is 2. The van der Waals surface area contributed by atoms with E-state index < -0.39 is 11.9 Å². The molecule has 0 saturated carbocycles. The van der Waals surface area contributed by atoms with Gasteiger partial charge in [0.25, 0.3) is 0 Å². The van der Waals surface area contributed by atoms with Crippen LogP contribution in [0.4, 0.5) is 0 Å². The molecule has 0 aliphatic heterocycles. The third-order valence-electron chi connectivity index (χ3n) is 1.99. The SMILES string of the molecule is CC(=O)N(C)C(CC(C)C)C(N)=O. The monoisotopic (exact) mass is 186 g/mol. The van der Waals surface area contributed by atoms with Crippen LogP contribution in [0, 0.1) is 5.92 Å². The van der Waals surface area contributed by atoms with Crippen molar-refractivity contribution in [2.75, 3.05) is 7.05 Å². The average Bonchev–Trinajstić information content (AvgIpc) is 1.97. The fourth-order valence-corrected chi connectivity index (χ4v) is 1.13. The van der Waals surface area contributed by atoms with Gasteiger partial charge in [0.15, 0.2) is 0 Å². The van der Waals surface area contributed by atoms with Crippen LogP contribution >= 0.6 is 0 Å². The number of nitrogens with two attached hydrogens (primary N) is 1. The Labute approximate surface area is 79.1 Å². The zero-order chi connectivity index (χ0) is 10.6. The summed E-state index contributed by atoms with van der Waals surface area (Å²) in [5.74, 6) is -0.227. The van der Waals surface area contributed by atoms with Crippen LogP contribution in [-0.2, 0) is 9.59 Å². The second-order valence-electron chi connectivity index (χ2n) is 3.68. The molecule has 0 fully saturated rings. The van der Waals surface area contributed by atoms with Crippen molar-refractivity contribution in [3.05, 3.63) is 0 Å². The summed E-state index contributed by atoms with van der Waals surface area (Å²) < 4.78 is 0. The van der Waals surface area contributed by atoms with Gasteiger partial charge < -0.3 is 10.6 Å². The topological polar surface area (TPSA) is 63.4 Å². The van der Waals surface area contributed by atoms with Gasteiger partial charge >= 0.3 is 0 Å². The van der Waals surface area contributed by atoms with Crippen LogP contribution in [0.15, 0.2) is 0 Å². The highest BCUT2D eigenvalue weighted by Gasteiger charge is 2.23. The molecule has 4 heteroatoms. The van der Waals surface area contributed by atoms with Gasteiger partial charge in [0.1, 0.15) is 6.04 Å². The molecule has 4 nitrogen and oxygen atoms in total. The minimum absolute atomic E-state index is 0.135. The summed E-state index contributed by atoms with van der Waals surface area (Å²) in [7, 11) is 1.60. The Kier molecular flexibility index (Phi) is 4.45. The number of hydrogen-bond donors (Lipinski definition) is 1. The van der Waals surface area contributed by atoms with E-state index >= 15 is 0 Å². The zero-order valence-electron chi connectivity index (χ0n) is 8.70. The van der Waals surface area contributed by atoms with Crippen LogP contribution in [0.2, 0.25) is 0 Å². The van der Waals surface area contributed by atoms with E-state index in [1.165, 1.54) is 11.8 Å². The maximum absolute atomic E-state index is 11.0. The molecule has 0 spiro atoms. The highest BCUT2D eigenvalue weighted by Crippen LogP contribution is 2.09. The third kappa shape index (κ3) is 3.92. The predicted molar refractivity (Wildman–Crippen MR) is 50.9 cm³/mol. The second kappa shape index (κ2) is 4.84. The highest BCUT2D eigenvalue weighted by atomic mass is 16.2. The van der Waals surface area contributed by atoms with Gasteiger partial charge in [-0.25, -0.2) is 0 Å². The molecule has 2 amide bonds. The largest absolute Gasteiger partial charge is 0.368 e. The van der Waals surface area contributed by atoms with Crippen LogP contribution in [0.5, 0.6) is 0 Å². The first-order chi connectivity index (χ1) is 5.86. The molecule has 76 valence electrons. The van der Waals surface area contributed by atoms with Crippen molar-refractivity contribution in [1.82, 2.24) is 4.90 Å². The number of carbonyl (C=O) groups excluding carboxylic acids is 2. The van der Waals surface area contributed by atoms with Gasteiger partial charge in [0.2, 0.25) is 11.8 Å². The molecule has 0 aliphatic rings. The minimum atomic E-state index is -0.475. The number of hydrogen-bond acceptors (Lipinski definition) is 2. The molecule has 0 aromatic rings. The summed E-state index contributed by atoms with van der Waals surface area (Å²) >= 11 is 0. The van der Waals surface area contributed by atoms with Gasteiger partial charge in [-0.3, -0.25) is 9.59 Å². The van der Waals surface area contributed by atoms with E-state index in [2.05, 4.69) is 0 Å². The lowest BCUT2D eigenvalue weighted by molar-refractivity contribution is -0.136. The van der Waals surface area contributed by atoms with Gasteiger partial charge in [-0.2, -0.15) is 0 Å². The Morgan fingerprint density at radius 1 is 1.38 bits per heavy atom. The molecule has 1 atom stereocenters. The van der Waals surface area contributed by atoms with Crippen molar-refractivity contribution in [1.29, 1.82) is 0 Å². The average molecular weight is 186 g/mol. The van der Waals surface area contributed by atoms with E-state index in [4.69, 9.17) is 5.73 Å². The van der Waals surface area contributed by atoms with Crippen molar-refractivity contribution in [3.63, 3.8) is 0 Å². The van der Waals surface area contributed by atoms with Crippen molar-refractivity contribution in [3.8, 4) is 0 Å². The van der Waals surface area contributed by atoms with E-state index in [9.17, 15) is 9.59 Å². The normalized spacial score (nSPS) is 12.7. The van der Waals surface area contributed by atoms with E-state index in [1.54, 1.807) is 7.05 Å². The van der Waals surface area contributed by atoms with E-state index in [0.717, 1.165) is 0 Å². The van der Waals surface area contributed by atoms with Gasteiger partial charge in [-0.15, -0.1) is 0 Å². The highest BCUT2D eigenvalue weighted by molar-refractivity contribution is 5.85. The Morgan fingerprint density at radius 2 is 1.85 bits per heavy atom. The quantitative estimate of drug-likeness (QED) is 0.689. The molecule has 0 heterocycles. The number of rotatable bonds is 4. The molecule has 0 aromatic heterocycles. The molecule has 0 aromatic carbocycles. The fraction of sp³-hybridized carbons (Fsp3) is 0.778. The predicted octanol–water partition coefficient (Wildman–Crippen LogP) is 0.365. The van der Waals surface area contributed by atoms with Gasteiger partial charge in [0, 0.05) is 14.0 Å².